The van der Waals surface area contributed by atoms with Crippen LogP contribution in [0, 0.1) is 28.6 Å². The van der Waals surface area contributed by atoms with Gasteiger partial charge in [0.1, 0.15) is 0 Å². The molecule has 0 aromatic carbocycles. The molecule has 0 aromatic heterocycles. The molecule has 0 radical (unpaired) electrons. The zero-order valence-corrected chi connectivity index (χ0v) is 14.7. The third-order valence-corrected chi connectivity index (χ3v) is 7.69. The summed E-state index contributed by atoms with van der Waals surface area (Å²) in [5, 5.41) is 19.7. The lowest BCUT2D eigenvalue weighted by Gasteiger charge is -2.55. The van der Waals surface area contributed by atoms with Crippen molar-refractivity contribution in [3.8, 4) is 0 Å². The predicted octanol–water partition coefficient (Wildman–Crippen LogP) is 4.10. The first-order chi connectivity index (χ1) is 11.4. The highest BCUT2D eigenvalue weighted by Crippen LogP contribution is 2.63. The van der Waals surface area contributed by atoms with Gasteiger partial charge in [0, 0.05) is 5.41 Å². The predicted molar refractivity (Wildman–Crippen MR) is 93.3 cm³/mol. The molecule has 0 bridgehead atoms. The van der Waals surface area contributed by atoms with Crippen molar-refractivity contribution in [3.63, 3.8) is 0 Å². The minimum absolute atomic E-state index is 0.0443. The Morgan fingerprint density at radius 2 is 2.04 bits per heavy atom. The smallest absolute Gasteiger partial charge is 0.307 e. The average molecular weight is 328 g/mol. The van der Waals surface area contributed by atoms with Crippen LogP contribution in [0.1, 0.15) is 52.4 Å². The summed E-state index contributed by atoms with van der Waals surface area (Å²) in [4.78, 5) is 11.2. The summed E-state index contributed by atoms with van der Waals surface area (Å²) in [6, 6.07) is 0. The van der Waals surface area contributed by atoms with Gasteiger partial charge in [0.05, 0.1) is 12.5 Å². The normalized spacial score (nSPS) is 46.5. The number of hydrogen-bond donors (Lipinski definition) is 2. The molecule has 3 nitrogen and oxygen atoms in total. The van der Waals surface area contributed by atoms with Gasteiger partial charge in [-0.2, -0.15) is 0 Å². The zero-order chi connectivity index (χ0) is 17.1. The van der Waals surface area contributed by atoms with Crippen LogP contribution in [-0.2, 0) is 4.79 Å². The summed E-state index contributed by atoms with van der Waals surface area (Å²) in [5.74, 6) is 0.852. The highest BCUT2D eigenvalue weighted by atomic mass is 16.4. The Labute approximate surface area is 144 Å². The van der Waals surface area contributed by atoms with Gasteiger partial charge in [-0.1, -0.05) is 43.7 Å². The largest absolute Gasteiger partial charge is 0.481 e. The van der Waals surface area contributed by atoms with Gasteiger partial charge < -0.3 is 10.2 Å². The van der Waals surface area contributed by atoms with E-state index >= 15 is 0 Å². The van der Waals surface area contributed by atoms with Gasteiger partial charge in [-0.15, -0.1) is 0 Å². The molecule has 4 rings (SSSR count). The van der Waals surface area contributed by atoms with Crippen molar-refractivity contribution in [3.05, 3.63) is 35.5 Å². The van der Waals surface area contributed by atoms with Crippen molar-refractivity contribution in [1.29, 1.82) is 0 Å². The molecule has 0 aromatic rings. The van der Waals surface area contributed by atoms with Crippen LogP contribution in [0.15, 0.2) is 35.5 Å². The Kier molecular flexibility index (Phi) is 3.58. The van der Waals surface area contributed by atoms with Crippen molar-refractivity contribution in [1.82, 2.24) is 0 Å². The molecule has 0 aliphatic heterocycles. The van der Waals surface area contributed by atoms with E-state index in [1.807, 2.05) is 0 Å². The number of rotatable bonds is 2. The van der Waals surface area contributed by atoms with Gasteiger partial charge in [-0.3, -0.25) is 4.79 Å². The van der Waals surface area contributed by atoms with E-state index in [-0.39, 0.29) is 23.4 Å². The SMILES string of the molecule is C[C@]12CC[C@H]3[C@@H](C=CC4=C(CC(=O)O)CC=C[C@@]43C)[C@@H]1CC[C@@H]2O. The second kappa shape index (κ2) is 5.32. The molecule has 0 unspecified atom stereocenters. The third-order valence-electron chi connectivity index (χ3n) is 7.69. The minimum Gasteiger partial charge on any atom is -0.481 e. The van der Waals surface area contributed by atoms with Crippen LogP contribution in [-0.4, -0.2) is 22.3 Å². The van der Waals surface area contributed by atoms with Crippen LogP contribution in [0.3, 0.4) is 0 Å². The van der Waals surface area contributed by atoms with Crippen LogP contribution < -0.4 is 0 Å². The Morgan fingerprint density at radius 3 is 2.79 bits per heavy atom. The Morgan fingerprint density at radius 1 is 1.25 bits per heavy atom. The number of carboxylic acids is 1. The fourth-order valence-electron chi connectivity index (χ4n) is 6.34. The first-order valence-corrected chi connectivity index (χ1v) is 9.34. The highest BCUT2D eigenvalue weighted by Gasteiger charge is 2.57. The van der Waals surface area contributed by atoms with Crippen molar-refractivity contribution in [2.24, 2.45) is 28.6 Å². The van der Waals surface area contributed by atoms with Gasteiger partial charge in [-0.25, -0.2) is 0 Å². The molecule has 4 aliphatic carbocycles. The Bertz CT molecular complexity index is 658. The molecular formula is C21H28O3. The maximum absolute atomic E-state index is 11.2. The zero-order valence-electron chi connectivity index (χ0n) is 14.7. The van der Waals surface area contributed by atoms with Gasteiger partial charge >= 0.3 is 5.97 Å². The van der Waals surface area contributed by atoms with Crippen LogP contribution >= 0.6 is 0 Å². The van der Waals surface area contributed by atoms with E-state index in [9.17, 15) is 15.0 Å². The van der Waals surface area contributed by atoms with Crippen LogP contribution in [0.4, 0.5) is 0 Å². The average Bonchev–Trinajstić information content (AvgIpc) is 2.82. The Balaban J connectivity index is 1.75. The molecule has 2 fully saturated rings. The molecule has 0 spiro atoms. The number of aliphatic carboxylic acids is 1. The molecule has 0 heterocycles. The van der Waals surface area contributed by atoms with Crippen LogP contribution in [0.25, 0.3) is 0 Å². The molecular weight excluding hydrogens is 300 g/mol. The maximum atomic E-state index is 11.2. The summed E-state index contributed by atoms with van der Waals surface area (Å²) in [6.07, 6.45) is 14.1. The summed E-state index contributed by atoms with van der Waals surface area (Å²) in [7, 11) is 0. The molecule has 130 valence electrons. The van der Waals surface area contributed by atoms with Crippen molar-refractivity contribution in [2.45, 2.75) is 58.5 Å². The minimum atomic E-state index is -0.735. The van der Waals surface area contributed by atoms with Crippen LogP contribution in [0.5, 0.6) is 0 Å². The number of aliphatic hydroxyl groups excluding tert-OH is 1. The fraction of sp³-hybridized carbons (Fsp3) is 0.667. The summed E-state index contributed by atoms with van der Waals surface area (Å²) >= 11 is 0. The summed E-state index contributed by atoms with van der Waals surface area (Å²) in [5.41, 5.74) is 2.33. The molecule has 2 N–H and O–H groups in total. The van der Waals surface area contributed by atoms with Gasteiger partial charge in [0.2, 0.25) is 0 Å². The second-order valence-corrected chi connectivity index (χ2v) is 8.76. The maximum Gasteiger partial charge on any atom is 0.307 e. The van der Waals surface area contributed by atoms with E-state index in [4.69, 9.17) is 0 Å². The molecule has 3 heteroatoms. The van der Waals surface area contributed by atoms with Crippen molar-refractivity contribution >= 4 is 5.97 Å². The summed E-state index contributed by atoms with van der Waals surface area (Å²) in [6.45, 7) is 4.58. The topological polar surface area (TPSA) is 57.5 Å². The van der Waals surface area contributed by atoms with Gasteiger partial charge in [0.15, 0.2) is 0 Å². The summed E-state index contributed by atoms with van der Waals surface area (Å²) < 4.78 is 0. The molecule has 0 saturated heterocycles. The number of aliphatic hydroxyl groups is 1. The molecule has 24 heavy (non-hydrogen) atoms. The van der Waals surface area contributed by atoms with E-state index < -0.39 is 5.97 Å². The molecule has 6 atom stereocenters. The Hall–Kier alpha value is -1.35. The van der Waals surface area contributed by atoms with Crippen LogP contribution in [0.2, 0.25) is 0 Å². The van der Waals surface area contributed by atoms with Gasteiger partial charge in [-0.05, 0) is 60.8 Å². The fourth-order valence-corrected chi connectivity index (χ4v) is 6.34. The number of allylic oxidation sites excluding steroid dienone is 5. The number of carboxylic acid groups (broad SMARTS) is 1. The van der Waals surface area contributed by atoms with E-state index in [1.54, 1.807) is 0 Å². The lowest BCUT2D eigenvalue weighted by atomic mass is 9.50. The number of carbonyl (C=O) groups is 1. The van der Waals surface area contributed by atoms with E-state index in [0.29, 0.717) is 17.8 Å². The molecule has 0 amide bonds. The van der Waals surface area contributed by atoms with Crippen molar-refractivity contribution < 1.29 is 15.0 Å². The third kappa shape index (κ3) is 2.10. The first-order valence-electron chi connectivity index (χ1n) is 9.34. The highest BCUT2D eigenvalue weighted by molar-refractivity contribution is 5.71. The second-order valence-electron chi connectivity index (χ2n) is 8.76. The molecule has 2 saturated carbocycles. The standard InChI is InChI=1S/C21H28O3/c1-20-10-3-4-13(12-19(23)24)15(20)6-5-14-16-7-8-18(22)21(16,2)11-9-17(14)20/h3,5-6,10,14,16-18,22H,4,7-9,11-12H2,1-2H3,(H,23,24)/t14-,16-,17-,18-,20-,21-/m0/s1. The quantitative estimate of drug-likeness (QED) is 0.750. The lowest BCUT2D eigenvalue weighted by Crippen LogP contribution is -2.49. The monoisotopic (exact) mass is 328 g/mol. The first kappa shape index (κ1) is 16.1. The van der Waals surface area contributed by atoms with E-state index in [2.05, 4.69) is 38.2 Å². The van der Waals surface area contributed by atoms with Gasteiger partial charge in [0.25, 0.3) is 0 Å². The van der Waals surface area contributed by atoms with E-state index in [1.165, 1.54) is 5.57 Å². The lowest BCUT2D eigenvalue weighted by molar-refractivity contribution is -0.136. The number of hydrogen-bond acceptors (Lipinski definition) is 2. The van der Waals surface area contributed by atoms with E-state index in [0.717, 1.165) is 37.7 Å². The van der Waals surface area contributed by atoms with Crippen molar-refractivity contribution in [2.75, 3.05) is 0 Å². The molecule has 4 aliphatic rings. The number of fused-ring (bicyclic) bond motifs is 5.